The molecular weight excluding hydrogens is 502 g/mol. The van der Waals surface area contributed by atoms with Gasteiger partial charge in [-0.15, -0.1) is 0 Å². The molecule has 0 saturated heterocycles. The van der Waals surface area contributed by atoms with Crippen molar-refractivity contribution >= 4 is 34.4 Å². The number of hydrogen-bond acceptors (Lipinski definition) is 6. The van der Waals surface area contributed by atoms with Crippen LogP contribution in [0.15, 0.2) is 42.5 Å². The zero-order chi connectivity index (χ0) is 29.3. The molecule has 0 fully saturated rings. The topological polar surface area (TPSA) is 163 Å². The van der Waals surface area contributed by atoms with E-state index < -0.39 is 24.1 Å². The van der Waals surface area contributed by atoms with Crippen molar-refractivity contribution in [2.45, 2.75) is 52.7 Å². The number of fused-ring (bicyclic) bond motifs is 1. The fourth-order valence-electron chi connectivity index (χ4n) is 4.21. The second-order valence-electron chi connectivity index (χ2n) is 9.97. The van der Waals surface area contributed by atoms with Gasteiger partial charge >= 0.3 is 11.9 Å². The quantitative estimate of drug-likeness (QED) is 0.215. The number of carboxylic acids is 2. The molecule has 0 aliphatic carbocycles. The highest BCUT2D eigenvalue weighted by molar-refractivity contribution is 6.05. The van der Waals surface area contributed by atoms with Crippen molar-refractivity contribution in [3.05, 3.63) is 64.8 Å². The summed E-state index contributed by atoms with van der Waals surface area (Å²) in [5.41, 5.74) is 6.36. The van der Waals surface area contributed by atoms with E-state index >= 15 is 0 Å². The largest absolute Gasteiger partial charge is 0.479 e. The Labute approximate surface area is 228 Å². The highest BCUT2D eigenvalue weighted by Gasteiger charge is 2.29. The summed E-state index contributed by atoms with van der Waals surface area (Å²) >= 11 is 0. The number of hydrogen-bond donors (Lipinski definition) is 6. The average molecular weight is 542 g/mol. The summed E-state index contributed by atoms with van der Waals surface area (Å²) in [5.74, 6) is -2.94. The Hall–Kier alpha value is -3.73. The van der Waals surface area contributed by atoms with Crippen LogP contribution in [0.2, 0.25) is 0 Å². The molecule has 0 aliphatic rings. The monoisotopic (exact) mass is 541 g/mol. The Bertz CT molecular complexity index is 1270. The number of aliphatic hydroxyl groups is 2. The van der Waals surface area contributed by atoms with E-state index in [9.17, 15) is 14.4 Å². The normalized spacial score (nSPS) is 12.6. The number of likely N-dealkylation sites (N-methyl/N-ethyl adjacent to an activating group) is 1. The minimum Gasteiger partial charge on any atom is -0.479 e. The van der Waals surface area contributed by atoms with Gasteiger partial charge in [0.25, 0.3) is 5.91 Å². The fraction of sp³-hybridized carbons (Fsp3) is 0.414. The summed E-state index contributed by atoms with van der Waals surface area (Å²) in [5, 5.41) is 36.8. The molecule has 3 aromatic rings. The Morgan fingerprint density at radius 1 is 1.00 bits per heavy atom. The third-order valence-corrected chi connectivity index (χ3v) is 6.20. The van der Waals surface area contributed by atoms with E-state index in [4.69, 9.17) is 20.4 Å². The molecule has 0 saturated carbocycles. The number of H-pyrrole nitrogens is 1. The highest BCUT2D eigenvalue weighted by atomic mass is 16.4. The Kier molecular flexibility index (Phi) is 11.7. The third kappa shape index (κ3) is 9.20. The molecule has 6 N–H and O–H groups in total. The number of aliphatic carboxylic acids is 2. The summed E-state index contributed by atoms with van der Waals surface area (Å²) in [7, 11) is 2.18. The van der Waals surface area contributed by atoms with Crippen LogP contribution in [-0.4, -0.2) is 80.5 Å². The van der Waals surface area contributed by atoms with E-state index in [-0.39, 0.29) is 5.91 Å². The van der Waals surface area contributed by atoms with Crippen LogP contribution in [0.4, 0.5) is 5.69 Å². The minimum absolute atomic E-state index is 0.0647. The van der Waals surface area contributed by atoms with E-state index in [2.05, 4.69) is 62.1 Å². The van der Waals surface area contributed by atoms with Crippen LogP contribution in [-0.2, 0) is 22.4 Å². The SMILES string of the molecule is CCc1cccc(C(=O)Nc2ccc3[nH]c(C)c(CCN(C)CC(C)C)c3c2)c1.O=C(O)C(O)C(O)C(=O)O. The average Bonchev–Trinajstić information content (AvgIpc) is 3.20. The first kappa shape index (κ1) is 31.5. The van der Waals surface area contributed by atoms with Crippen molar-refractivity contribution in [1.29, 1.82) is 0 Å². The zero-order valence-electron chi connectivity index (χ0n) is 23.1. The maximum atomic E-state index is 12.7. The second-order valence-corrected chi connectivity index (χ2v) is 9.97. The van der Waals surface area contributed by atoms with E-state index in [1.807, 2.05) is 30.3 Å². The number of amides is 1. The molecule has 3 rings (SSSR count). The van der Waals surface area contributed by atoms with Crippen LogP contribution < -0.4 is 5.32 Å². The first-order valence-corrected chi connectivity index (χ1v) is 12.9. The predicted octanol–water partition coefficient (Wildman–Crippen LogP) is 3.30. The second kappa shape index (κ2) is 14.4. The number of rotatable bonds is 11. The van der Waals surface area contributed by atoms with Gasteiger partial charge in [-0.25, -0.2) is 9.59 Å². The molecule has 0 spiro atoms. The van der Waals surface area contributed by atoms with Gasteiger partial charge in [-0.05, 0) is 74.2 Å². The molecule has 2 atom stereocenters. The smallest absolute Gasteiger partial charge is 0.335 e. The molecule has 1 aromatic heterocycles. The number of aromatic amines is 1. The lowest BCUT2D eigenvalue weighted by atomic mass is 10.1. The number of nitrogens with one attached hydrogen (secondary N) is 2. The first-order valence-electron chi connectivity index (χ1n) is 12.9. The van der Waals surface area contributed by atoms with Crippen LogP contribution in [0, 0.1) is 12.8 Å². The maximum absolute atomic E-state index is 12.7. The molecular formula is C29H39N3O7. The van der Waals surface area contributed by atoms with Gasteiger partial charge < -0.3 is 35.6 Å². The van der Waals surface area contributed by atoms with Gasteiger partial charge in [-0.3, -0.25) is 4.79 Å². The number of carboxylic acid groups (broad SMARTS) is 2. The van der Waals surface area contributed by atoms with Gasteiger partial charge in [0.15, 0.2) is 12.2 Å². The lowest BCUT2D eigenvalue weighted by Gasteiger charge is -2.18. The minimum atomic E-state index is -2.27. The number of aliphatic hydroxyl groups excluding tert-OH is 2. The van der Waals surface area contributed by atoms with Gasteiger partial charge in [0, 0.05) is 40.9 Å². The van der Waals surface area contributed by atoms with Crippen LogP contribution in [0.25, 0.3) is 10.9 Å². The summed E-state index contributed by atoms with van der Waals surface area (Å²) in [6.07, 6.45) is -2.62. The van der Waals surface area contributed by atoms with Crippen molar-refractivity contribution in [2.75, 3.05) is 25.5 Å². The number of carbonyl (C=O) groups is 3. The number of nitrogens with zero attached hydrogens (tertiary/aromatic N) is 1. The summed E-state index contributed by atoms with van der Waals surface area (Å²) in [4.78, 5) is 38.1. The van der Waals surface area contributed by atoms with Gasteiger partial charge in [0.1, 0.15) is 0 Å². The number of aromatic nitrogens is 1. The van der Waals surface area contributed by atoms with E-state index in [0.29, 0.717) is 11.5 Å². The summed E-state index contributed by atoms with van der Waals surface area (Å²) in [6, 6.07) is 13.9. The number of benzene rings is 2. The van der Waals surface area contributed by atoms with Gasteiger partial charge in [0.2, 0.25) is 0 Å². The van der Waals surface area contributed by atoms with Crippen molar-refractivity contribution in [2.24, 2.45) is 5.92 Å². The molecule has 1 heterocycles. The van der Waals surface area contributed by atoms with E-state index in [1.165, 1.54) is 22.2 Å². The molecule has 39 heavy (non-hydrogen) atoms. The molecule has 10 nitrogen and oxygen atoms in total. The number of carbonyl (C=O) groups excluding carboxylic acids is 1. The molecule has 2 unspecified atom stereocenters. The lowest BCUT2D eigenvalue weighted by Crippen LogP contribution is -2.39. The molecule has 2 aromatic carbocycles. The van der Waals surface area contributed by atoms with Crippen molar-refractivity contribution in [3.8, 4) is 0 Å². The molecule has 1 amide bonds. The maximum Gasteiger partial charge on any atom is 0.335 e. The number of anilines is 1. The zero-order valence-corrected chi connectivity index (χ0v) is 23.1. The molecule has 212 valence electrons. The Balaban J connectivity index is 0.000000455. The van der Waals surface area contributed by atoms with Crippen molar-refractivity contribution < 1.29 is 34.8 Å². The Morgan fingerprint density at radius 3 is 2.21 bits per heavy atom. The van der Waals surface area contributed by atoms with Crippen LogP contribution >= 0.6 is 0 Å². The molecule has 0 radical (unpaired) electrons. The van der Waals surface area contributed by atoms with Gasteiger partial charge in [0.05, 0.1) is 0 Å². The van der Waals surface area contributed by atoms with E-state index in [0.717, 1.165) is 37.1 Å². The van der Waals surface area contributed by atoms with Gasteiger partial charge in [-0.2, -0.15) is 0 Å². The Morgan fingerprint density at radius 2 is 1.64 bits per heavy atom. The molecule has 0 bridgehead atoms. The molecule has 0 aliphatic heterocycles. The fourth-order valence-corrected chi connectivity index (χ4v) is 4.21. The predicted molar refractivity (Wildman–Crippen MR) is 150 cm³/mol. The number of aryl methyl sites for hydroxylation is 2. The standard InChI is InChI=1S/C25H33N3O.C4H6O6/c1-6-19-8-7-9-20(14-19)25(29)27-21-10-11-24-23(15-21)22(18(4)26-24)12-13-28(5)16-17(2)3;5-1(3(7)8)2(6)4(9)10/h7-11,14-15,17,26H,6,12-13,16H2,1-5H3,(H,27,29);1-2,5-6H,(H,7,8)(H,9,10). The van der Waals surface area contributed by atoms with Crippen molar-refractivity contribution in [3.63, 3.8) is 0 Å². The third-order valence-electron chi connectivity index (χ3n) is 6.20. The van der Waals surface area contributed by atoms with E-state index in [1.54, 1.807) is 0 Å². The van der Waals surface area contributed by atoms with Gasteiger partial charge in [-0.1, -0.05) is 32.9 Å². The first-order chi connectivity index (χ1) is 18.3. The highest BCUT2D eigenvalue weighted by Crippen LogP contribution is 2.26. The summed E-state index contributed by atoms with van der Waals surface area (Å²) < 4.78 is 0. The lowest BCUT2D eigenvalue weighted by molar-refractivity contribution is -0.165. The van der Waals surface area contributed by atoms with Crippen molar-refractivity contribution in [1.82, 2.24) is 9.88 Å². The van der Waals surface area contributed by atoms with Crippen LogP contribution in [0.1, 0.15) is 48.0 Å². The van der Waals surface area contributed by atoms with Crippen LogP contribution in [0.5, 0.6) is 0 Å². The molecule has 10 heteroatoms. The summed E-state index contributed by atoms with van der Waals surface area (Å²) in [6.45, 7) is 10.8. The van der Waals surface area contributed by atoms with Crippen LogP contribution in [0.3, 0.4) is 0 Å².